The van der Waals surface area contributed by atoms with Crippen LogP contribution in [-0.2, 0) is 9.53 Å². The lowest BCUT2D eigenvalue weighted by Crippen LogP contribution is -2.53. The maximum absolute atomic E-state index is 13.1. The number of carbonyl (C=O) groups is 1. The average molecular weight is 416 g/mol. The molecule has 2 heterocycles. The van der Waals surface area contributed by atoms with E-state index < -0.39 is 5.60 Å². The molecule has 0 aromatic carbocycles. The second-order valence-electron chi connectivity index (χ2n) is 8.43. The molecule has 144 valence electrons. The second kappa shape index (κ2) is 8.26. The van der Waals surface area contributed by atoms with Gasteiger partial charge in [-0.05, 0) is 63.2 Å². The minimum Gasteiger partial charge on any atom is -0.458 e. The smallest absolute Gasteiger partial charge is 0.339 e. The van der Waals surface area contributed by atoms with Gasteiger partial charge in [-0.3, -0.25) is 4.90 Å². The summed E-state index contributed by atoms with van der Waals surface area (Å²) in [6.07, 6.45) is 11.8. The summed E-state index contributed by atoms with van der Waals surface area (Å²) in [5, 5.41) is 11.5. The van der Waals surface area contributed by atoms with Gasteiger partial charge in [-0.1, -0.05) is 41.6 Å². The van der Waals surface area contributed by atoms with E-state index in [-0.39, 0.29) is 23.9 Å². The number of rotatable bonds is 4. The van der Waals surface area contributed by atoms with Gasteiger partial charge in [0.15, 0.2) is 5.60 Å². The van der Waals surface area contributed by atoms with Crippen molar-refractivity contribution in [3.05, 3.63) is 0 Å². The van der Waals surface area contributed by atoms with Gasteiger partial charge in [-0.2, -0.15) is 0 Å². The SMILES string of the molecule is CBr.CN1C2CCC1C(OC(=O)C(O)(C1CCCC1)C1CCCC1)C2. The molecule has 0 amide bonds. The highest BCUT2D eigenvalue weighted by atomic mass is 79.9. The highest BCUT2D eigenvalue weighted by Gasteiger charge is 2.54. The molecule has 3 atom stereocenters. The third-order valence-electron chi connectivity index (χ3n) is 7.37. The molecule has 2 bridgehead atoms. The zero-order valence-electron chi connectivity index (χ0n) is 15.8. The largest absolute Gasteiger partial charge is 0.458 e. The molecule has 2 aliphatic heterocycles. The number of hydrogen-bond acceptors (Lipinski definition) is 4. The van der Waals surface area contributed by atoms with E-state index in [9.17, 15) is 9.90 Å². The molecule has 0 aromatic heterocycles. The van der Waals surface area contributed by atoms with E-state index in [2.05, 4.69) is 27.9 Å². The summed E-state index contributed by atoms with van der Waals surface area (Å²) in [5.41, 5.74) is -1.21. The number of esters is 1. The topological polar surface area (TPSA) is 49.8 Å². The second-order valence-corrected chi connectivity index (χ2v) is 8.43. The molecular weight excluding hydrogens is 382 g/mol. The van der Waals surface area contributed by atoms with Crippen LogP contribution in [0.2, 0.25) is 0 Å². The number of aliphatic hydroxyl groups is 1. The molecule has 25 heavy (non-hydrogen) atoms. The van der Waals surface area contributed by atoms with Crippen LogP contribution in [0.25, 0.3) is 0 Å². The predicted molar refractivity (Wildman–Crippen MR) is 103 cm³/mol. The molecule has 0 radical (unpaired) electrons. The van der Waals surface area contributed by atoms with Crippen LogP contribution in [0.4, 0.5) is 0 Å². The van der Waals surface area contributed by atoms with Gasteiger partial charge in [0.2, 0.25) is 0 Å². The Balaban J connectivity index is 0.000000880. The van der Waals surface area contributed by atoms with E-state index in [1.54, 1.807) is 0 Å². The molecule has 4 aliphatic rings. The first-order valence-corrected chi connectivity index (χ1v) is 11.7. The molecule has 2 aliphatic carbocycles. The summed E-state index contributed by atoms with van der Waals surface area (Å²) in [6.45, 7) is 0. The van der Waals surface area contributed by atoms with Crippen LogP contribution < -0.4 is 0 Å². The lowest BCUT2D eigenvalue weighted by atomic mass is 9.75. The summed E-state index contributed by atoms with van der Waals surface area (Å²) >= 11 is 2.94. The Morgan fingerprint density at radius 3 is 1.92 bits per heavy atom. The van der Waals surface area contributed by atoms with Crippen molar-refractivity contribution in [1.82, 2.24) is 4.90 Å². The molecule has 0 spiro atoms. The highest BCUT2D eigenvalue weighted by Crippen LogP contribution is 2.46. The number of carbonyl (C=O) groups excluding carboxylic acids is 1. The van der Waals surface area contributed by atoms with Crippen molar-refractivity contribution in [2.24, 2.45) is 11.8 Å². The van der Waals surface area contributed by atoms with Gasteiger partial charge in [0, 0.05) is 18.5 Å². The van der Waals surface area contributed by atoms with Crippen LogP contribution in [0.3, 0.4) is 0 Å². The summed E-state index contributed by atoms with van der Waals surface area (Å²) < 4.78 is 5.98. The van der Waals surface area contributed by atoms with Gasteiger partial charge in [-0.15, -0.1) is 0 Å². The summed E-state index contributed by atoms with van der Waals surface area (Å²) in [4.78, 5) is 15.5. The quantitative estimate of drug-likeness (QED) is 0.558. The number of halogens is 1. The Kier molecular flexibility index (Phi) is 6.49. The van der Waals surface area contributed by atoms with Crippen LogP contribution in [0.15, 0.2) is 0 Å². The summed E-state index contributed by atoms with van der Waals surface area (Å²) in [6, 6.07) is 0.948. The number of hydrogen-bond donors (Lipinski definition) is 1. The van der Waals surface area contributed by atoms with E-state index >= 15 is 0 Å². The first-order chi connectivity index (χ1) is 12.1. The van der Waals surface area contributed by atoms with E-state index in [4.69, 9.17) is 4.74 Å². The Morgan fingerprint density at radius 2 is 1.52 bits per heavy atom. The van der Waals surface area contributed by atoms with Crippen molar-refractivity contribution < 1.29 is 14.6 Å². The van der Waals surface area contributed by atoms with Crippen molar-refractivity contribution >= 4 is 21.9 Å². The minimum atomic E-state index is -1.21. The fourth-order valence-electron chi connectivity index (χ4n) is 5.96. The average Bonchev–Trinajstić information content (AvgIpc) is 3.42. The predicted octanol–water partition coefficient (Wildman–Crippen LogP) is 3.89. The lowest BCUT2D eigenvalue weighted by molar-refractivity contribution is -0.187. The maximum atomic E-state index is 13.1. The van der Waals surface area contributed by atoms with Crippen molar-refractivity contribution in [1.29, 1.82) is 0 Å². The fourth-order valence-corrected chi connectivity index (χ4v) is 5.96. The minimum absolute atomic E-state index is 0.000538. The molecule has 0 aromatic rings. The van der Waals surface area contributed by atoms with Crippen LogP contribution in [0.5, 0.6) is 0 Å². The van der Waals surface area contributed by atoms with Gasteiger partial charge < -0.3 is 9.84 Å². The van der Waals surface area contributed by atoms with Crippen LogP contribution in [-0.4, -0.2) is 52.6 Å². The fraction of sp³-hybridized carbons (Fsp3) is 0.950. The Morgan fingerprint density at radius 1 is 1.00 bits per heavy atom. The molecule has 4 nitrogen and oxygen atoms in total. The molecule has 4 fully saturated rings. The Labute approximate surface area is 160 Å². The number of likely N-dealkylation sites (N-methyl/N-ethyl adjacent to an activating group) is 1. The standard InChI is InChI=1S/C19H31NO3.CH3Br/c1-20-15-10-11-16(20)17(12-15)23-18(21)19(22,13-6-2-3-7-13)14-8-4-5-9-14;1-2/h13-17,22H,2-12H2,1H3;1H3. The maximum Gasteiger partial charge on any atom is 0.339 e. The number of alkyl halides is 1. The normalized spacial score (nSPS) is 33.5. The van der Waals surface area contributed by atoms with E-state index in [1.165, 1.54) is 6.42 Å². The van der Waals surface area contributed by atoms with E-state index in [1.807, 2.05) is 5.83 Å². The molecule has 1 N–H and O–H groups in total. The monoisotopic (exact) mass is 415 g/mol. The summed E-state index contributed by atoms with van der Waals surface area (Å²) in [5.74, 6) is 1.76. The van der Waals surface area contributed by atoms with Crippen LogP contribution >= 0.6 is 15.9 Å². The zero-order chi connectivity index (χ0) is 18.0. The van der Waals surface area contributed by atoms with Gasteiger partial charge in [0.25, 0.3) is 0 Å². The van der Waals surface area contributed by atoms with Crippen molar-refractivity contribution in [2.75, 3.05) is 12.9 Å². The molecule has 2 saturated carbocycles. The summed E-state index contributed by atoms with van der Waals surface area (Å²) in [7, 11) is 2.15. The molecular formula is C20H34BrNO3. The van der Waals surface area contributed by atoms with Crippen molar-refractivity contribution in [3.63, 3.8) is 0 Å². The van der Waals surface area contributed by atoms with Crippen LogP contribution in [0, 0.1) is 11.8 Å². The number of fused-ring (bicyclic) bond motifs is 2. The first kappa shape index (κ1) is 19.6. The van der Waals surface area contributed by atoms with Gasteiger partial charge in [0.05, 0.1) is 0 Å². The lowest BCUT2D eigenvalue weighted by Gasteiger charge is -2.38. The van der Waals surface area contributed by atoms with Gasteiger partial charge in [0.1, 0.15) is 6.10 Å². The molecule has 5 heteroatoms. The highest BCUT2D eigenvalue weighted by molar-refractivity contribution is 9.08. The Bertz CT molecular complexity index is 444. The van der Waals surface area contributed by atoms with E-state index in [0.29, 0.717) is 12.1 Å². The van der Waals surface area contributed by atoms with Gasteiger partial charge >= 0.3 is 5.97 Å². The first-order valence-electron chi connectivity index (χ1n) is 10.1. The van der Waals surface area contributed by atoms with Gasteiger partial charge in [-0.25, -0.2) is 4.79 Å². The number of ether oxygens (including phenoxy) is 1. The van der Waals surface area contributed by atoms with Crippen molar-refractivity contribution in [2.45, 2.75) is 94.4 Å². The third-order valence-corrected chi connectivity index (χ3v) is 7.37. The Hall–Kier alpha value is -0.130. The zero-order valence-corrected chi connectivity index (χ0v) is 17.3. The van der Waals surface area contributed by atoms with Crippen LogP contribution in [0.1, 0.15) is 70.6 Å². The molecule has 2 saturated heterocycles. The number of nitrogens with zero attached hydrogens (tertiary/aromatic N) is 1. The molecule has 4 rings (SSSR count). The molecule has 3 unspecified atom stereocenters. The third kappa shape index (κ3) is 3.53. The van der Waals surface area contributed by atoms with E-state index in [0.717, 1.165) is 64.2 Å². The van der Waals surface area contributed by atoms with Crippen molar-refractivity contribution in [3.8, 4) is 0 Å².